The minimum atomic E-state index is 0.698. The van der Waals surface area contributed by atoms with E-state index in [-0.39, 0.29) is 0 Å². The molecule has 7 aromatic rings. The molecular formula is C36H23NO2. The van der Waals surface area contributed by atoms with Crippen LogP contribution in [0, 0.1) is 0 Å². The van der Waals surface area contributed by atoms with Crippen molar-refractivity contribution in [2.24, 2.45) is 0 Å². The lowest BCUT2D eigenvalue weighted by atomic mass is 9.94. The van der Waals surface area contributed by atoms with Crippen LogP contribution in [0.25, 0.3) is 32.3 Å². The van der Waals surface area contributed by atoms with Gasteiger partial charge in [0.15, 0.2) is 23.0 Å². The maximum Gasteiger partial charge on any atom is 0.194 e. The average molecular weight is 502 g/mol. The predicted molar refractivity (Wildman–Crippen MR) is 160 cm³/mol. The molecule has 0 saturated heterocycles. The van der Waals surface area contributed by atoms with Gasteiger partial charge in [-0.25, -0.2) is 0 Å². The number of ether oxygens (including phenoxy) is 2. The van der Waals surface area contributed by atoms with Gasteiger partial charge in [0.1, 0.15) is 0 Å². The number of fused-ring (bicyclic) bond motifs is 8. The van der Waals surface area contributed by atoms with E-state index in [4.69, 9.17) is 9.47 Å². The zero-order valence-electron chi connectivity index (χ0n) is 21.0. The fraction of sp³-hybridized carbons (Fsp3) is 0. The van der Waals surface area contributed by atoms with Crippen molar-refractivity contribution in [3.05, 3.63) is 140 Å². The third-order valence-electron chi connectivity index (χ3n) is 7.48. The third-order valence-corrected chi connectivity index (χ3v) is 7.48. The average Bonchev–Trinajstić information content (AvgIpc) is 3.01. The highest BCUT2D eigenvalue weighted by molar-refractivity contribution is 6.25. The normalized spacial score (nSPS) is 12.0. The minimum absolute atomic E-state index is 0.698. The van der Waals surface area contributed by atoms with Gasteiger partial charge in [-0.2, -0.15) is 0 Å². The van der Waals surface area contributed by atoms with E-state index < -0.39 is 0 Å². The molecule has 8 rings (SSSR count). The second kappa shape index (κ2) is 8.64. The van der Waals surface area contributed by atoms with Crippen LogP contribution in [0.1, 0.15) is 0 Å². The molecule has 0 radical (unpaired) electrons. The Bertz CT molecular complexity index is 2000. The van der Waals surface area contributed by atoms with Crippen LogP contribution >= 0.6 is 0 Å². The zero-order valence-corrected chi connectivity index (χ0v) is 21.0. The second-order valence-corrected chi connectivity index (χ2v) is 9.75. The van der Waals surface area contributed by atoms with E-state index in [1.807, 2.05) is 42.5 Å². The van der Waals surface area contributed by atoms with E-state index in [1.54, 1.807) is 0 Å². The van der Waals surface area contributed by atoms with Gasteiger partial charge in [0.2, 0.25) is 0 Å². The first-order valence-corrected chi connectivity index (χ1v) is 13.1. The fourth-order valence-corrected chi connectivity index (χ4v) is 5.75. The number of anilines is 3. The van der Waals surface area contributed by atoms with Crippen LogP contribution in [0.15, 0.2) is 140 Å². The number of hydrogen-bond acceptors (Lipinski definition) is 3. The summed E-state index contributed by atoms with van der Waals surface area (Å²) in [6.45, 7) is 0. The molecule has 184 valence electrons. The predicted octanol–water partition coefficient (Wildman–Crippen LogP) is 10.5. The quantitative estimate of drug-likeness (QED) is 0.225. The van der Waals surface area contributed by atoms with E-state index in [0.29, 0.717) is 17.2 Å². The highest BCUT2D eigenvalue weighted by Gasteiger charge is 2.26. The van der Waals surface area contributed by atoms with Crippen molar-refractivity contribution < 1.29 is 9.47 Å². The number of nitrogens with zero attached hydrogens (tertiary/aromatic N) is 1. The molecule has 7 aromatic carbocycles. The smallest absolute Gasteiger partial charge is 0.194 e. The van der Waals surface area contributed by atoms with Crippen LogP contribution in [-0.2, 0) is 0 Å². The molecule has 0 aliphatic carbocycles. The highest BCUT2D eigenvalue weighted by atomic mass is 16.6. The Kier molecular flexibility index (Phi) is 4.82. The van der Waals surface area contributed by atoms with Gasteiger partial charge in [-0.15, -0.1) is 0 Å². The van der Waals surface area contributed by atoms with E-state index in [2.05, 4.69) is 102 Å². The van der Waals surface area contributed by atoms with Crippen molar-refractivity contribution in [1.82, 2.24) is 0 Å². The van der Waals surface area contributed by atoms with Crippen molar-refractivity contribution in [3.63, 3.8) is 0 Å². The molecule has 0 spiro atoms. The van der Waals surface area contributed by atoms with Crippen LogP contribution < -0.4 is 14.4 Å². The maximum absolute atomic E-state index is 6.48. The molecule has 3 heteroatoms. The summed E-state index contributed by atoms with van der Waals surface area (Å²) in [4.78, 5) is 2.25. The molecule has 39 heavy (non-hydrogen) atoms. The molecular weight excluding hydrogens is 478 g/mol. The van der Waals surface area contributed by atoms with Gasteiger partial charge in [0.05, 0.1) is 5.69 Å². The van der Waals surface area contributed by atoms with E-state index in [0.717, 1.165) is 22.8 Å². The summed E-state index contributed by atoms with van der Waals surface area (Å²) < 4.78 is 12.7. The first kappa shape index (κ1) is 21.8. The van der Waals surface area contributed by atoms with Crippen LogP contribution in [0.2, 0.25) is 0 Å². The monoisotopic (exact) mass is 501 g/mol. The molecule has 0 saturated carbocycles. The van der Waals surface area contributed by atoms with Gasteiger partial charge < -0.3 is 14.4 Å². The number of hydrogen-bond donors (Lipinski definition) is 0. The molecule has 1 heterocycles. The van der Waals surface area contributed by atoms with E-state index in [1.165, 1.54) is 32.3 Å². The molecule has 1 aliphatic heterocycles. The number of para-hydroxylation sites is 4. The molecule has 0 atom stereocenters. The summed E-state index contributed by atoms with van der Waals surface area (Å²) in [5.41, 5.74) is 3.00. The van der Waals surface area contributed by atoms with Crippen molar-refractivity contribution >= 4 is 49.4 Å². The van der Waals surface area contributed by atoms with Crippen LogP contribution in [0.4, 0.5) is 17.1 Å². The zero-order chi connectivity index (χ0) is 25.8. The molecule has 3 nitrogen and oxygen atoms in total. The molecule has 1 aliphatic rings. The Morgan fingerprint density at radius 3 is 1.59 bits per heavy atom. The molecule has 0 N–H and O–H groups in total. The first-order chi connectivity index (χ1) is 19.3. The van der Waals surface area contributed by atoms with Gasteiger partial charge in [-0.3, -0.25) is 0 Å². The Labute approximate surface area is 226 Å². The van der Waals surface area contributed by atoms with Crippen LogP contribution in [0.3, 0.4) is 0 Å². The Morgan fingerprint density at radius 1 is 0.359 bits per heavy atom. The minimum Gasteiger partial charge on any atom is -0.449 e. The molecule has 0 amide bonds. The maximum atomic E-state index is 6.48. The molecule has 0 aromatic heterocycles. The van der Waals surface area contributed by atoms with Gasteiger partial charge in [-0.1, -0.05) is 91.0 Å². The summed E-state index contributed by atoms with van der Waals surface area (Å²) in [6.07, 6.45) is 0. The Hall–Kier alpha value is -5.28. The Morgan fingerprint density at radius 2 is 0.897 bits per heavy atom. The lowest BCUT2D eigenvalue weighted by molar-refractivity contribution is 0.360. The summed E-state index contributed by atoms with van der Waals surface area (Å²) in [5, 5.41) is 7.49. The lowest BCUT2D eigenvalue weighted by Gasteiger charge is -2.30. The van der Waals surface area contributed by atoms with Crippen molar-refractivity contribution in [2.75, 3.05) is 4.90 Å². The summed E-state index contributed by atoms with van der Waals surface area (Å²) >= 11 is 0. The van der Waals surface area contributed by atoms with E-state index in [9.17, 15) is 0 Å². The molecule has 0 bridgehead atoms. The van der Waals surface area contributed by atoms with Gasteiger partial charge in [0, 0.05) is 11.4 Å². The second-order valence-electron chi connectivity index (χ2n) is 9.75. The summed E-state index contributed by atoms with van der Waals surface area (Å²) in [5.74, 6) is 2.83. The van der Waals surface area contributed by atoms with Gasteiger partial charge in [-0.05, 0) is 80.8 Å². The SMILES string of the molecule is c1ccc(N(c2ccc3c4ccccc4c4ccccc4c3c2)c2cccc3c2Oc2ccccc2O3)cc1. The van der Waals surface area contributed by atoms with Crippen LogP contribution in [-0.4, -0.2) is 0 Å². The van der Waals surface area contributed by atoms with Gasteiger partial charge in [0.25, 0.3) is 0 Å². The summed E-state index contributed by atoms with van der Waals surface area (Å²) in [6, 6.07) is 48.4. The van der Waals surface area contributed by atoms with E-state index >= 15 is 0 Å². The molecule has 0 unspecified atom stereocenters. The van der Waals surface area contributed by atoms with Crippen LogP contribution in [0.5, 0.6) is 23.0 Å². The number of benzene rings is 7. The highest BCUT2D eigenvalue weighted by Crippen LogP contribution is 2.52. The largest absolute Gasteiger partial charge is 0.449 e. The number of rotatable bonds is 3. The first-order valence-electron chi connectivity index (χ1n) is 13.1. The van der Waals surface area contributed by atoms with Gasteiger partial charge >= 0.3 is 0 Å². The van der Waals surface area contributed by atoms with Crippen molar-refractivity contribution in [1.29, 1.82) is 0 Å². The van der Waals surface area contributed by atoms with Crippen molar-refractivity contribution in [2.45, 2.75) is 0 Å². The molecule has 0 fully saturated rings. The topological polar surface area (TPSA) is 21.7 Å². The van der Waals surface area contributed by atoms with Crippen molar-refractivity contribution in [3.8, 4) is 23.0 Å². The fourth-order valence-electron chi connectivity index (χ4n) is 5.75. The standard InChI is InChI=1S/C36H23NO2/c1-2-11-24(12-3-1)37(32-17-10-20-35-36(32)39-34-19-9-8-18-33(34)38-35)25-21-22-30-28-15-5-4-13-26(28)27-14-6-7-16-29(27)31(30)23-25/h1-23H. The summed E-state index contributed by atoms with van der Waals surface area (Å²) in [7, 11) is 0. The lowest BCUT2D eigenvalue weighted by Crippen LogP contribution is -2.12. The third kappa shape index (κ3) is 3.44. The Balaban J connectivity index is 1.39.